The maximum Gasteiger partial charge on any atom is 0.398 e. The van der Waals surface area contributed by atoms with Gasteiger partial charge in [0.05, 0.1) is 0 Å². The van der Waals surface area contributed by atoms with Gasteiger partial charge in [0.15, 0.2) is 0 Å². The van der Waals surface area contributed by atoms with Gasteiger partial charge >= 0.3 is 10.4 Å². The van der Waals surface area contributed by atoms with Gasteiger partial charge < -0.3 is 0 Å². The Morgan fingerprint density at radius 3 is 2.11 bits per heavy atom. The third kappa shape index (κ3) is 10.4. The molecule has 108 valence electrons. The van der Waals surface area contributed by atoms with Crippen molar-refractivity contribution in [2.75, 3.05) is 19.8 Å². The number of nitrogens with zero attached hydrogens (tertiary/aromatic N) is 1. The summed E-state index contributed by atoms with van der Waals surface area (Å²) in [5.41, 5.74) is 1.17. The second-order valence-electron chi connectivity index (χ2n) is 3.59. The predicted octanol–water partition coefficient (Wildman–Crippen LogP) is 2.43. The van der Waals surface area contributed by atoms with Crippen LogP contribution in [-0.4, -0.2) is 37.7 Å². The van der Waals surface area contributed by atoms with Gasteiger partial charge in [-0.1, -0.05) is 56.8 Å². The summed E-state index contributed by atoms with van der Waals surface area (Å²) in [6.07, 6.45) is 1.83. The monoisotopic (exact) mass is 287 g/mol. The zero-order chi connectivity index (χ0) is 14.7. The van der Waals surface area contributed by atoms with Crippen LogP contribution in [0.4, 0.5) is 0 Å². The second kappa shape index (κ2) is 9.69. The van der Waals surface area contributed by atoms with E-state index >= 15 is 0 Å². The topological polar surface area (TPSA) is 66.8 Å². The molecule has 0 bridgehead atoms. The summed E-state index contributed by atoms with van der Waals surface area (Å²) >= 11 is 0. The summed E-state index contributed by atoms with van der Waals surface area (Å²) in [6.45, 7) is 8.66. The Bertz CT molecular complexity index is 441. The molecule has 0 spiro atoms. The number of benzene rings is 1. The maximum absolute atomic E-state index is 10.1. The summed E-state index contributed by atoms with van der Waals surface area (Å²) in [7, 11) is -4.28. The van der Waals surface area contributed by atoms with Gasteiger partial charge in [-0.25, -0.2) is 4.18 Å². The Morgan fingerprint density at radius 2 is 1.79 bits per heavy atom. The van der Waals surface area contributed by atoms with E-state index in [-0.39, 0.29) is 6.73 Å². The smallest absolute Gasteiger partial charge is 0.280 e. The molecule has 0 aliphatic rings. The summed E-state index contributed by atoms with van der Waals surface area (Å²) < 4.78 is 32.5. The van der Waals surface area contributed by atoms with Crippen LogP contribution in [0.1, 0.15) is 19.4 Å². The fraction of sp³-hybridized carbons (Fsp3) is 0.385. The number of hydrogen-bond donors (Lipinski definition) is 1. The highest BCUT2D eigenvalue weighted by atomic mass is 32.3. The van der Waals surface area contributed by atoms with Gasteiger partial charge in [-0.3, -0.25) is 9.45 Å². The molecule has 1 aromatic carbocycles. The van der Waals surface area contributed by atoms with Gasteiger partial charge in [0.1, 0.15) is 6.73 Å². The van der Waals surface area contributed by atoms with Crippen molar-refractivity contribution < 1.29 is 17.2 Å². The van der Waals surface area contributed by atoms with Crippen LogP contribution in [0, 0.1) is 0 Å². The molecule has 1 rings (SSSR count). The molecule has 0 amide bonds. The first-order chi connectivity index (χ1) is 8.92. The lowest BCUT2D eigenvalue weighted by molar-refractivity contribution is 0.129. The van der Waals surface area contributed by atoms with Crippen molar-refractivity contribution in [3.8, 4) is 0 Å². The largest absolute Gasteiger partial charge is 0.398 e. The van der Waals surface area contributed by atoms with Crippen molar-refractivity contribution in [2.45, 2.75) is 13.8 Å². The average molecular weight is 287 g/mol. The first kappa shape index (κ1) is 17.8. The quantitative estimate of drug-likeness (QED) is 0.643. The van der Waals surface area contributed by atoms with Gasteiger partial charge in [0, 0.05) is 0 Å². The van der Waals surface area contributed by atoms with Gasteiger partial charge in [0.25, 0.3) is 0 Å². The Labute approximate surface area is 115 Å². The van der Waals surface area contributed by atoms with Crippen LogP contribution >= 0.6 is 0 Å². The van der Waals surface area contributed by atoms with Crippen LogP contribution in [0.25, 0.3) is 6.08 Å². The van der Waals surface area contributed by atoms with E-state index in [2.05, 4.69) is 10.8 Å². The highest BCUT2D eigenvalue weighted by Gasteiger charge is 2.06. The Hall–Kier alpha value is -1.21. The van der Waals surface area contributed by atoms with E-state index in [9.17, 15) is 8.42 Å². The molecule has 5 nitrogen and oxygen atoms in total. The van der Waals surface area contributed by atoms with Gasteiger partial charge in [0.2, 0.25) is 0 Å². The van der Waals surface area contributed by atoms with E-state index in [4.69, 9.17) is 4.55 Å². The summed E-state index contributed by atoms with van der Waals surface area (Å²) in [5.74, 6) is 0. The van der Waals surface area contributed by atoms with Gasteiger partial charge in [-0.05, 0) is 18.7 Å². The summed E-state index contributed by atoms with van der Waals surface area (Å²) in [4.78, 5) is 1.72. The summed E-state index contributed by atoms with van der Waals surface area (Å²) in [5, 5.41) is 0. The first-order valence-electron chi connectivity index (χ1n) is 5.94. The molecule has 1 N–H and O–H groups in total. The van der Waals surface area contributed by atoms with E-state index in [1.165, 1.54) is 5.56 Å². The lowest BCUT2D eigenvalue weighted by Gasteiger charge is -2.15. The van der Waals surface area contributed by atoms with Crippen LogP contribution in [0.3, 0.4) is 0 Å². The lowest BCUT2D eigenvalue weighted by atomic mass is 10.2. The number of rotatable bonds is 6. The van der Waals surface area contributed by atoms with Gasteiger partial charge in [-0.15, -0.1) is 0 Å². The molecule has 6 heteroatoms. The van der Waals surface area contributed by atoms with E-state index in [1.54, 1.807) is 4.90 Å². The zero-order valence-corrected chi connectivity index (χ0v) is 12.1. The van der Waals surface area contributed by atoms with Crippen molar-refractivity contribution in [1.82, 2.24) is 4.90 Å². The van der Waals surface area contributed by atoms with E-state index in [1.807, 2.05) is 50.3 Å². The summed E-state index contributed by atoms with van der Waals surface area (Å²) in [6, 6.07) is 10.0. The molecule has 0 unspecified atom stereocenters. The fourth-order valence-electron chi connectivity index (χ4n) is 1.14. The Morgan fingerprint density at radius 1 is 1.26 bits per heavy atom. The normalized spacial score (nSPS) is 10.7. The van der Waals surface area contributed by atoms with Crippen molar-refractivity contribution in [3.63, 3.8) is 0 Å². The maximum atomic E-state index is 10.1. The SMILES string of the molecule is C=Cc1ccccc1.CCN(CC)COS(=O)(=O)O. The van der Waals surface area contributed by atoms with E-state index in [0.29, 0.717) is 13.1 Å². The molecule has 0 aliphatic heterocycles. The second-order valence-corrected chi connectivity index (χ2v) is 4.68. The number of hydrogen-bond acceptors (Lipinski definition) is 4. The third-order valence-electron chi connectivity index (χ3n) is 2.31. The molecule has 19 heavy (non-hydrogen) atoms. The van der Waals surface area contributed by atoms with Crippen molar-refractivity contribution in [2.24, 2.45) is 0 Å². The molecule has 0 aromatic heterocycles. The average Bonchev–Trinajstić information content (AvgIpc) is 2.40. The highest BCUT2D eigenvalue weighted by Crippen LogP contribution is 1.97. The fourth-order valence-corrected chi connectivity index (χ4v) is 1.42. The third-order valence-corrected chi connectivity index (χ3v) is 2.72. The minimum Gasteiger partial charge on any atom is -0.280 e. The van der Waals surface area contributed by atoms with Crippen LogP contribution in [0.2, 0.25) is 0 Å². The lowest BCUT2D eigenvalue weighted by Crippen LogP contribution is -2.27. The molecule has 0 fully saturated rings. The van der Waals surface area contributed by atoms with E-state index < -0.39 is 10.4 Å². The highest BCUT2D eigenvalue weighted by molar-refractivity contribution is 7.80. The van der Waals surface area contributed by atoms with E-state index in [0.717, 1.165) is 0 Å². The molecule has 0 radical (unpaired) electrons. The van der Waals surface area contributed by atoms with Crippen molar-refractivity contribution in [3.05, 3.63) is 42.5 Å². The van der Waals surface area contributed by atoms with Crippen LogP contribution in [0.15, 0.2) is 36.9 Å². The Balaban J connectivity index is 0.000000356. The predicted molar refractivity (Wildman–Crippen MR) is 77.0 cm³/mol. The van der Waals surface area contributed by atoms with Crippen LogP contribution in [0.5, 0.6) is 0 Å². The zero-order valence-electron chi connectivity index (χ0n) is 11.3. The van der Waals surface area contributed by atoms with Crippen LogP contribution < -0.4 is 0 Å². The molecule has 1 aromatic rings. The minimum absolute atomic E-state index is 0.0914. The molecular weight excluding hydrogens is 266 g/mol. The van der Waals surface area contributed by atoms with Crippen LogP contribution in [-0.2, 0) is 14.6 Å². The molecule has 0 saturated carbocycles. The molecule has 0 heterocycles. The van der Waals surface area contributed by atoms with Gasteiger partial charge in [-0.2, -0.15) is 8.42 Å². The molecule has 0 aliphatic carbocycles. The molecule has 0 atom stereocenters. The van der Waals surface area contributed by atoms with Crippen molar-refractivity contribution >= 4 is 16.5 Å². The minimum atomic E-state index is -4.28. The Kier molecular flexibility index (Phi) is 9.07. The first-order valence-corrected chi connectivity index (χ1v) is 7.31. The van der Waals surface area contributed by atoms with Crippen molar-refractivity contribution in [1.29, 1.82) is 0 Å². The molecular formula is C13H21NO4S. The molecule has 0 saturated heterocycles. The standard InChI is InChI=1S/C8H8.C5H13NO4S/c1-2-8-6-4-3-5-7-8;1-3-6(4-2)5-10-11(7,8)9/h2-7H,1H2;3-5H2,1-2H3,(H,7,8,9).